The zero-order valence-corrected chi connectivity index (χ0v) is 10.1. The van der Waals surface area contributed by atoms with Crippen molar-refractivity contribution in [1.82, 2.24) is 20.3 Å². The third kappa shape index (κ3) is 2.65. The first kappa shape index (κ1) is 11.7. The van der Waals surface area contributed by atoms with Gasteiger partial charge < -0.3 is 10.3 Å². The third-order valence-electron chi connectivity index (χ3n) is 2.30. The minimum absolute atomic E-state index is 0.0128. The first-order chi connectivity index (χ1) is 8.06. The lowest BCUT2D eigenvalue weighted by Crippen LogP contribution is -2.18. The second kappa shape index (κ2) is 4.58. The van der Waals surface area contributed by atoms with E-state index in [1.165, 1.54) is 0 Å². The minimum Gasteiger partial charge on any atom is -0.334 e. The summed E-state index contributed by atoms with van der Waals surface area (Å²) in [6.07, 6.45) is 0.597. The average molecular weight is 233 g/mol. The molecule has 6 nitrogen and oxygen atoms in total. The maximum Gasteiger partial charge on any atom is 0.259 e. The predicted molar refractivity (Wildman–Crippen MR) is 62.2 cm³/mol. The molecule has 0 fully saturated rings. The lowest BCUT2D eigenvalue weighted by atomic mass is 10.2. The van der Waals surface area contributed by atoms with Gasteiger partial charge in [-0.25, -0.2) is 0 Å². The van der Waals surface area contributed by atoms with Crippen molar-refractivity contribution in [2.24, 2.45) is 5.73 Å². The lowest BCUT2D eigenvalue weighted by Gasteiger charge is -1.99. The van der Waals surface area contributed by atoms with E-state index >= 15 is 0 Å². The van der Waals surface area contributed by atoms with E-state index in [2.05, 4.69) is 20.3 Å². The van der Waals surface area contributed by atoms with Crippen LogP contribution in [-0.2, 0) is 6.42 Å². The van der Waals surface area contributed by atoms with Crippen LogP contribution in [0.4, 0.5) is 0 Å². The Labute approximate surface area is 99.2 Å². The summed E-state index contributed by atoms with van der Waals surface area (Å²) < 4.78 is 5.20. The summed E-state index contributed by atoms with van der Waals surface area (Å²) in [6, 6.07) is 1.89. The van der Waals surface area contributed by atoms with Gasteiger partial charge >= 0.3 is 0 Å². The normalized spacial score (nSPS) is 12.7. The molecule has 0 bridgehead atoms. The maximum atomic E-state index is 5.68. The zero-order valence-electron chi connectivity index (χ0n) is 10.1. The monoisotopic (exact) mass is 233 g/mol. The number of nitrogens with two attached hydrogens (primary N) is 1. The Morgan fingerprint density at radius 2 is 2.12 bits per heavy atom. The average Bonchev–Trinajstić information content (AvgIpc) is 2.69. The van der Waals surface area contributed by atoms with Crippen LogP contribution < -0.4 is 5.73 Å². The van der Waals surface area contributed by atoms with Crippen molar-refractivity contribution in [1.29, 1.82) is 0 Å². The van der Waals surface area contributed by atoms with Gasteiger partial charge in [-0.1, -0.05) is 5.16 Å². The molecule has 0 aromatic carbocycles. The molecule has 0 radical (unpaired) electrons. The molecule has 6 heteroatoms. The Bertz CT molecular complexity index is 520. The topological polar surface area (TPSA) is 90.7 Å². The highest BCUT2D eigenvalue weighted by Gasteiger charge is 2.13. The molecule has 0 aliphatic carbocycles. The van der Waals surface area contributed by atoms with Crippen molar-refractivity contribution < 1.29 is 4.52 Å². The van der Waals surface area contributed by atoms with Gasteiger partial charge in [0.15, 0.2) is 5.82 Å². The molecule has 90 valence electrons. The molecule has 2 heterocycles. The molecule has 1 atom stereocenters. The van der Waals surface area contributed by atoms with Crippen molar-refractivity contribution in [3.05, 3.63) is 23.3 Å². The van der Waals surface area contributed by atoms with Gasteiger partial charge in [0, 0.05) is 12.5 Å². The standard InChI is InChI=1S/C11H15N5O/c1-6(12)4-10-13-11(17-16-10)9-5-7(2)14-15-8(9)3/h5-6H,4,12H2,1-3H3. The van der Waals surface area contributed by atoms with Crippen molar-refractivity contribution in [3.8, 4) is 11.5 Å². The van der Waals surface area contributed by atoms with Gasteiger partial charge in [-0.2, -0.15) is 15.2 Å². The fourth-order valence-electron chi connectivity index (χ4n) is 1.50. The first-order valence-electron chi connectivity index (χ1n) is 5.45. The molecular formula is C11H15N5O. The largest absolute Gasteiger partial charge is 0.334 e. The highest BCUT2D eigenvalue weighted by atomic mass is 16.5. The maximum absolute atomic E-state index is 5.68. The van der Waals surface area contributed by atoms with Gasteiger partial charge in [-0.05, 0) is 26.8 Å². The van der Waals surface area contributed by atoms with E-state index in [1.54, 1.807) is 0 Å². The quantitative estimate of drug-likeness (QED) is 0.851. The number of rotatable bonds is 3. The van der Waals surface area contributed by atoms with Crippen LogP contribution in [-0.4, -0.2) is 26.4 Å². The molecule has 1 unspecified atom stereocenters. The second-order valence-corrected chi connectivity index (χ2v) is 4.18. The van der Waals surface area contributed by atoms with Gasteiger partial charge in [-0.15, -0.1) is 0 Å². The van der Waals surface area contributed by atoms with Crippen LogP contribution in [0.1, 0.15) is 24.1 Å². The number of aromatic nitrogens is 4. The molecule has 0 amide bonds. The highest BCUT2D eigenvalue weighted by molar-refractivity contribution is 5.55. The molecule has 2 aromatic heterocycles. The number of hydrogen-bond donors (Lipinski definition) is 1. The van der Waals surface area contributed by atoms with Crippen LogP contribution in [0, 0.1) is 13.8 Å². The van der Waals surface area contributed by atoms with Gasteiger partial charge in [-0.3, -0.25) is 0 Å². The van der Waals surface area contributed by atoms with E-state index in [0.29, 0.717) is 18.1 Å². The fourth-order valence-corrected chi connectivity index (χ4v) is 1.50. The van der Waals surface area contributed by atoms with Crippen LogP contribution in [0.15, 0.2) is 10.6 Å². The SMILES string of the molecule is Cc1cc(-c2nc(CC(C)N)no2)c(C)nn1. The number of aryl methyl sites for hydroxylation is 2. The number of nitrogens with zero attached hydrogens (tertiary/aromatic N) is 4. The molecule has 0 saturated carbocycles. The second-order valence-electron chi connectivity index (χ2n) is 4.18. The molecule has 0 saturated heterocycles. The van der Waals surface area contributed by atoms with Crippen LogP contribution in [0.2, 0.25) is 0 Å². The Hall–Kier alpha value is -1.82. The van der Waals surface area contributed by atoms with Crippen LogP contribution in [0.25, 0.3) is 11.5 Å². The molecule has 0 spiro atoms. The molecule has 2 N–H and O–H groups in total. The summed E-state index contributed by atoms with van der Waals surface area (Å²) in [7, 11) is 0. The molecule has 2 rings (SSSR count). The van der Waals surface area contributed by atoms with Crippen LogP contribution in [0.3, 0.4) is 0 Å². The summed E-state index contributed by atoms with van der Waals surface area (Å²) >= 11 is 0. The Morgan fingerprint density at radius 1 is 1.35 bits per heavy atom. The summed E-state index contributed by atoms with van der Waals surface area (Å²) in [4.78, 5) is 4.30. The molecular weight excluding hydrogens is 218 g/mol. The van der Waals surface area contributed by atoms with Gasteiger partial charge in [0.25, 0.3) is 5.89 Å². The smallest absolute Gasteiger partial charge is 0.259 e. The van der Waals surface area contributed by atoms with Crippen molar-refractivity contribution >= 4 is 0 Å². The summed E-state index contributed by atoms with van der Waals surface area (Å²) in [5, 5.41) is 11.9. The van der Waals surface area contributed by atoms with Gasteiger partial charge in [0.2, 0.25) is 0 Å². The van der Waals surface area contributed by atoms with E-state index in [1.807, 2.05) is 26.8 Å². The van der Waals surface area contributed by atoms with E-state index < -0.39 is 0 Å². The Kier molecular flexibility index (Phi) is 3.14. The third-order valence-corrected chi connectivity index (χ3v) is 2.30. The molecule has 0 aliphatic rings. The summed E-state index contributed by atoms with van der Waals surface area (Å²) in [5.74, 6) is 1.08. The molecule has 0 aliphatic heterocycles. The van der Waals surface area contributed by atoms with E-state index in [9.17, 15) is 0 Å². The minimum atomic E-state index is 0.0128. The van der Waals surface area contributed by atoms with Crippen molar-refractivity contribution in [2.75, 3.05) is 0 Å². The van der Waals surface area contributed by atoms with Crippen LogP contribution >= 0.6 is 0 Å². The van der Waals surface area contributed by atoms with E-state index in [4.69, 9.17) is 10.3 Å². The van der Waals surface area contributed by atoms with Crippen molar-refractivity contribution in [2.45, 2.75) is 33.2 Å². The number of hydrogen-bond acceptors (Lipinski definition) is 6. The predicted octanol–water partition coefficient (Wildman–Crippen LogP) is 1.03. The van der Waals surface area contributed by atoms with Gasteiger partial charge in [0.05, 0.1) is 17.0 Å². The highest BCUT2D eigenvalue weighted by Crippen LogP contribution is 2.20. The Morgan fingerprint density at radius 3 is 2.82 bits per heavy atom. The first-order valence-corrected chi connectivity index (χ1v) is 5.45. The zero-order chi connectivity index (χ0) is 12.4. The van der Waals surface area contributed by atoms with E-state index in [-0.39, 0.29) is 6.04 Å². The van der Waals surface area contributed by atoms with Crippen molar-refractivity contribution in [3.63, 3.8) is 0 Å². The Balaban J connectivity index is 2.33. The molecule has 2 aromatic rings. The summed E-state index contributed by atoms with van der Waals surface area (Å²) in [5.41, 5.74) is 8.09. The molecule has 17 heavy (non-hydrogen) atoms. The van der Waals surface area contributed by atoms with Crippen LogP contribution in [0.5, 0.6) is 0 Å². The van der Waals surface area contributed by atoms with E-state index in [0.717, 1.165) is 17.0 Å². The lowest BCUT2D eigenvalue weighted by molar-refractivity contribution is 0.420. The van der Waals surface area contributed by atoms with Gasteiger partial charge in [0.1, 0.15) is 0 Å². The summed E-state index contributed by atoms with van der Waals surface area (Å²) in [6.45, 7) is 5.63. The fraction of sp³-hybridized carbons (Fsp3) is 0.455.